The van der Waals surface area contributed by atoms with Gasteiger partial charge in [-0.3, -0.25) is 0 Å². The highest BCUT2D eigenvalue weighted by molar-refractivity contribution is 7.91. The van der Waals surface area contributed by atoms with E-state index in [1.807, 2.05) is 6.92 Å². The van der Waals surface area contributed by atoms with Crippen molar-refractivity contribution in [2.75, 3.05) is 12.3 Å². The molecule has 7 heteroatoms. The maximum Gasteiger partial charge on any atom is 0.335 e. The van der Waals surface area contributed by atoms with Gasteiger partial charge in [0, 0.05) is 0 Å². The molecule has 0 amide bonds. The van der Waals surface area contributed by atoms with Gasteiger partial charge in [0.05, 0.1) is 18.7 Å². The summed E-state index contributed by atoms with van der Waals surface area (Å²) in [5.41, 5.74) is 3.62. The summed E-state index contributed by atoms with van der Waals surface area (Å²) in [6, 6.07) is 0. The summed E-state index contributed by atoms with van der Waals surface area (Å²) < 4.78 is 28.2. The van der Waals surface area contributed by atoms with Crippen LogP contribution in [0.25, 0.3) is 0 Å². The number of quaternary nitrogens is 1. The number of nitrogens with zero attached hydrogens (tertiary/aromatic N) is 2. The fourth-order valence-electron chi connectivity index (χ4n) is 1.04. The summed E-state index contributed by atoms with van der Waals surface area (Å²) in [6.45, 7) is 2.54. The van der Waals surface area contributed by atoms with Gasteiger partial charge in [0.25, 0.3) is 0 Å². The van der Waals surface area contributed by atoms with Crippen LogP contribution in [-0.2, 0) is 16.3 Å². The van der Waals surface area contributed by atoms with E-state index < -0.39 is 9.84 Å². The Morgan fingerprint density at radius 2 is 2.13 bits per heavy atom. The summed E-state index contributed by atoms with van der Waals surface area (Å²) >= 11 is 0. The van der Waals surface area contributed by atoms with Gasteiger partial charge in [0.15, 0.2) is 0 Å². The van der Waals surface area contributed by atoms with E-state index in [0.29, 0.717) is 25.3 Å². The van der Waals surface area contributed by atoms with Crippen LogP contribution in [0.5, 0.6) is 0 Å². The van der Waals surface area contributed by atoms with Crippen LogP contribution in [0.15, 0.2) is 9.64 Å². The van der Waals surface area contributed by atoms with Gasteiger partial charge >= 0.3 is 5.22 Å². The zero-order valence-corrected chi connectivity index (χ0v) is 9.59. The average molecular weight is 234 g/mol. The molecule has 0 saturated heterocycles. The second kappa shape index (κ2) is 5.22. The lowest BCUT2D eigenvalue weighted by atomic mass is 10.4. The molecule has 0 aromatic carbocycles. The molecular formula is C8H16N3O3S+. The lowest BCUT2D eigenvalue weighted by Gasteiger charge is -1.96. The maximum absolute atomic E-state index is 11.6. The summed E-state index contributed by atoms with van der Waals surface area (Å²) in [6.07, 6.45) is 1.94. The Balaban J connectivity index is 2.76. The van der Waals surface area contributed by atoms with Crippen LogP contribution in [0.2, 0.25) is 0 Å². The molecule has 0 aliphatic heterocycles. The van der Waals surface area contributed by atoms with E-state index >= 15 is 0 Å². The predicted octanol–water partition coefficient (Wildman–Crippen LogP) is -0.572. The Labute approximate surface area is 88.8 Å². The molecule has 1 heterocycles. The van der Waals surface area contributed by atoms with Crippen LogP contribution < -0.4 is 5.73 Å². The van der Waals surface area contributed by atoms with Crippen LogP contribution in [0, 0.1) is 0 Å². The van der Waals surface area contributed by atoms with Gasteiger partial charge in [-0.2, -0.15) is 0 Å². The number of hydrogen-bond donors (Lipinski definition) is 1. The minimum atomic E-state index is -3.38. The molecule has 1 aromatic rings. The highest BCUT2D eigenvalue weighted by Gasteiger charge is 2.21. The summed E-state index contributed by atoms with van der Waals surface area (Å²) in [4.78, 5) is 0. The summed E-state index contributed by atoms with van der Waals surface area (Å²) in [7, 11) is -3.38. The van der Waals surface area contributed by atoms with E-state index in [1.54, 1.807) is 0 Å². The lowest BCUT2D eigenvalue weighted by molar-refractivity contribution is -0.367. The van der Waals surface area contributed by atoms with Crippen LogP contribution in [-0.4, -0.2) is 30.9 Å². The van der Waals surface area contributed by atoms with Crippen molar-refractivity contribution in [1.29, 1.82) is 0 Å². The zero-order valence-electron chi connectivity index (χ0n) is 8.77. The van der Waals surface area contributed by atoms with Gasteiger partial charge in [0.1, 0.15) is 0 Å². The third kappa shape index (κ3) is 3.28. The predicted molar refractivity (Wildman–Crippen MR) is 52.7 cm³/mol. The SMILES string of the molecule is CCCCS(=O)(=O)c1nnc(CC[NH3+])o1. The van der Waals surface area contributed by atoms with Crippen LogP contribution in [0.4, 0.5) is 0 Å². The van der Waals surface area contributed by atoms with Crippen molar-refractivity contribution in [3.8, 4) is 0 Å². The van der Waals surface area contributed by atoms with E-state index in [4.69, 9.17) is 4.42 Å². The number of unbranched alkanes of at least 4 members (excludes halogenated alkanes) is 1. The molecule has 0 saturated carbocycles. The fraction of sp³-hybridized carbons (Fsp3) is 0.750. The van der Waals surface area contributed by atoms with Crippen molar-refractivity contribution in [3.05, 3.63) is 5.89 Å². The molecule has 0 aliphatic rings. The van der Waals surface area contributed by atoms with Crippen molar-refractivity contribution >= 4 is 9.84 Å². The molecule has 0 spiro atoms. The van der Waals surface area contributed by atoms with Crippen LogP contribution >= 0.6 is 0 Å². The second-order valence-corrected chi connectivity index (χ2v) is 5.22. The molecular weight excluding hydrogens is 218 g/mol. The zero-order chi connectivity index (χ0) is 11.3. The van der Waals surface area contributed by atoms with Gasteiger partial charge in [-0.05, 0) is 6.42 Å². The first-order chi connectivity index (χ1) is 7.10. The first kappa shape index (κ1) is 12.1. The first-order valence-corrected chi connectivity index (χ1v) is 6.59. The number of aromatic nitrogens is 2. The molecule has 3 N–H and O–H groups in total. The molecule has 6 nitrogen and oxygen atoms in total. The van der Waals surface area contributed by atoms with Crippen molar-refractivity contribution in [2.45, 2.75) is 31.4 Å². The highest BCUT2D eigenvalue weighted by Crippen LogP contribution is 2.11. The Kier molecular flexibility index (Phi) is 4.22. The third-order valence-electron chi connectivity index (χ3n) is 1.87. The molecule has 15 heavy (non-hydrogen) atoms. The minimum Gasteiger partial charge on any atom is -0.412 e. The molecule has 0 atom stereocenters. The summed E-state index contributed by atoms with van der Waals surface area (Å²) in [5, 5.41) is 6.91. The monoisotopic (exact) mass is 234 g/mol. The topological polar surface area (TPSA) is 101 Å². The fourth-order valence-corrected chi connectivity index (χ4v) is 2.27. The van der Waals surface area contributed by atoms with Gasteiger partial charge in [-0.15, -0.1) is 5.10 Å². The highest BCUT2D eigenvalue weighted by atomic mass is 32.2. The Bertz CT molecular complexity index is 399. The average Bonchev–Trinajstić information content (AvgIpc) is 2.65. The van der Waals surface area contributed by atoms with E-state index in [2.05, 4.69) is 15.9 Å². The minimum absolute atomic E-state index is 0.0650. The largest absolute Gasteiger partial charge is 0.412 e. The standard InChI is InChI=1S/C8H15N3O3S/c1-2-3-6-15(12,13)8-11-10-7(14-8)4-5-9/h2-6,9H2,1H3/p+1. The Morgan fingerprint density at radius 3 is 2.73 bits per heavy atom. The smallest absolute Gasteiger partial charge is 0.335 e. The number of rotatable bonds is 6. The van der Waals surface area contributed by atoms with Gasteiger partial charge < -0.3 is 10.2 Å². The van der Waals surface area contributed by atoms with Crippen molar-refractivity contribution in [3.63, 3.8) is 0 Å². The number of hydrogen-bond acceptors (Lipinski definition) is 5. The quantitative estimate of drug-likeness (QED) is 0.710. The molecule has 86 valence electrons. The van der Waals surface area contributed by atoms with E-state index in [1.165, 1.54) is 0 Å². The normalized spacial score (nSPS) is 11.9. The van der Waals surface area contributed by atoms with Crippen molar-refractivity contribution in [2.24, 2.45) is 0 Å². The van der Waals surface area contributed by atoms with Crippen LogP contribution in [0.1, 0.15) is 25.7 Å². The molecule has 0 aliphatic carbocycles. The van der Waals surface area contributed by atoms with Crippen molar-refractivity contribution < 1.29 is 18.6 Å². The van der Waals surface area contributed by atoms with E-state index in [9.17, 15) is 8.42 Å². The molecule has 0 unspecified atom stereocenters. The van der Waals surface area contributed by atoms with Crippen LogP contribution in [0.3, 0.4) is 0 Å². The molecule has 0 radical (unpaired) electrons. The number of sulfone groups is 1. The van der Waals surface area contributed by atoms with Gasteiger partial charge in [-0.25, -0.2) is 8.42 Å². The van der Waals surface area contributed by atoms with E-state index in [0.717, 1.165) is 6.42 Å². The molecule has 1 rings (SSSR count). The molecule has 0 fully saturated rings. The maximum atomic E-state index is 11.6. The second-order valence-electron chi connectivity index (χ2n) is 3.24. The Hall–Kier alpha value is -0.950. The first-order valence-electron chi connectivity index (χ1n) is 4.94. The summed E-state index contributed by atoms with van der Waals surface area (Å²) in [5.74, 6) is 0.398. The molecule has 0 bridgehead atoms. The Morgan fingerprint density at radius 1 is 1.40 bits per heavy atom. The van der Waals surface area contributed by atoms with Crippen molar-refractivity contribution in [1.82, 2.24) is 10.2 Å². The molecule has 1 aromatic heterocycles. The van der Waals surface area contributed by atoms with Gasteiger partial charge in [-0.1, -0.05) is 18.4 Å². The van der Waals surface area contributed by atoms with Gasteiger partial charge in [0.2, 0.25) is 15.7 Å². The van der Waals surface area contributed by atoms with E-state index in [-0.39, 0.29) is 11.0 Å². The third-order valence-corrected chi connectivity index (χ3v) is 3.39. The lowest BCUT2D eigenvalue weighted by Crippen LogP contribution is -2.51.